The number of thiophene rings is 1. The molecule has 0 aliphatic rings. The van der Waals surface area contributed by atoms with Crippen LogP contribution in [-0.2, 0) is 0 Å². The molecule has 1 amide bonds. The van der Waals surface area contributed by atoms with Crippen LogP contribution in [0.15, 0.2) is 29.6 Å². The fraction of sp³-hybridized carbons (Fsp3) is 0.0769. The molecule has 0 saturated heterocycles. The number of halogens is 1. The van der Waals surface area contributed by atoms with Crippen molar-refractivity contribution in [2.24, 2.45) is 0 Å². The summed E-state index contributed by atoms with van der Waals surface area (Å²) in [6.45, 7) is 0. The van der Waals surface area contributed by atoms with E-state index in [1.807, 2.05) is 0 Å². The van der Waals surface area contributed by atoms with Gasteiger partial charge in [-0.05, 0) is 23.6 Å². The first-order chi connectivity index (χ1) is 9.52. The van der Waals surface area contributed by atoms with Gasteiger partial charge in [0.2, 0.25) is 0 Å². The largest absolute Gasteiger partial charge is 0.496 e. The van der Waals surface area contributed by atoms with Crippen LogP contribution in [0.2, 0.25) is 5.02 Å². The first kappa shape index (κ1) is 14.4. The molecule has 0 atom stereocenters. The van der Waals surface area contributed by atoms with Crippen molar-refractivity contribution in [1.29, 1.82) is 0 Å². The van der Waals surface area contributed by atoms with E-state index in [-0.39, 0.29) is 17.2 Å². The maximum atomic E-state index is 12.0. The third-order valence-corrected chi connectivity index (χ3v) is 3.85. The number of hydrogen-bond donors (Lipinski definition) is 2. The average molecular weight is 312 g/mol. The van der Waals surface area contributed by atoms with Gasteiger partial charge in [-0.2, -0.15) is 0 Å². The van der Waals surface area contributed by atoms with E-state index in [4.69, 9.17) is 21.4 Å². The molecule has 1 heterocycles. The van der Waals surface area contributed by atoms with Gasteiger partial charge < -0.3 is 15.2 Å². The average Bonchev–Trinajstić information content (AvgIpc) is 2.84. The number of aromatic carboxylic acids is 1. The second-order valence-electron chi connectivity index (χ2n) is 3.77. The number of rotatable bonds is 4. The SMILES string of the molecule is COc1cc(NC(=O)c2sccc2Cl)ccc1C(=O)O. The van der Waals surface area contributed by atoms with Crippen LogP contribution < -0.4 is 10.1 Å². The molecule has 0 aliphatic heterocycles. The van der Waals surface area contributed by atoms with E-state index in [1.165, 1.54) is 36.6 Å². The number of nitrogens with one attached hydrogen (secondary N) is 1. The molecule has 1 aromatic carbocycles. The van der Waals surface area contributed by atoms with Gasteiger partial charge in [0.05, 0.1) is 12.1 Å². The third kappa shape index (κ3) is 2.92. The molecule has 104 valence electrons. The number of carbonyl (C=O) groups excluding carboxylic acids is 1. The van der Waals surface area contributed by atoms with Crippen LogP contribution in [0.3, 0.4) is 0 Å². The molecule has 5 nitrogen and oxygen atoms in total. The number of carbonyl (C=O) groups is 2. The topological polar surface area (TPSA) is 75.6 Å². The summed E-state index contributed by atoms with van der Waals surface area (Å²) < 4.78 is 4.99. The van der Waals surface area contributed by atoms with Crippen molar-refractivity contribution in [3.05, 3.63) is 45.1 Å². The van der Waals surface area contributed by atoms with E-state index < -0.39 is 5.97 Å². The quantitative estimate of drug-likeness (QED) is 0.907. The minimum atomic E-state index is -1.10. The van der Waals surface area contributed by atoms with Crippen molar-refractivity contribution in [2.45, 2.75) is 0 Å². The fourth-order valence-electron chi connectivity index (χ4n) is 1.59. The van der Waals surface area contributed by atoms with Gasteiger partial charge in [-0.15, -0.1) is 11.3 Å². The van der Waals surface area contributed by atoms with Crippen molar-refractivity contribution < 1.29 is 19.4 Å². The van der Waals surface area contributed by atoms with Crippen LogP contribution in [0.25, 0.3) is 0 Å². The highest BCUT2D eigenvalue weighted by atomic mass is 35.5. The fourth-order valence-corrected chi connectivity index (χ4v) is 2.63. The minimum Gasteiger partial charge on any atom is -0.496 e. The normalized spacial score (nSPS) is 10.1. The zero-order valence-corrected chi connectivity index (χ0v) is 11.9. The van der Waals surface area contributed by atoms with Crippen LogP contribution in [0.1, 0.15) is 20.0 Å². The van der Waals surface area contributed by atoms with E-state index in [2.05, 4.69) is 5.32 Å². The molecular weight excluding hydrogens is 302 g/mol. The second kappa shape index (κ2) is 5.94. The van der Waals surface area contributed by atoms with Crippen molar-refractivity contribution >= 4 is 40.5 Å². The van der Waals surface area contributed by atoms with Crippen molar-refractivity contribution in [1.82, 2.24) is 0 Å². The van der Waals surface area contributed by atoms with Gasteiger partial charge >= 0.3 is 5.97 Å². The highest BCUT2D eigenvalue weighted by Gasteiger charge is 2.15. The van der Waals surface area contributed by atoms with E-state index in [0.29, 0.717) is 15.6 Å². The second-order valence-corrected chi connectivity index (χ2v) is 5.10. The van der Waals surface area contributed by atoms with Gasteiger partial charge in [-0.25, -0.2) is 4.79 Å². The number of hydrogen-bond acceptors (Lipinski definition) is 4. The molecule has 0 unspecified atom stereocenters. The van der Waals surface area contributed by atoms with Crippen molar-refractivity contribution in [3.63, 3.8) is 0 Å². The van der Waals surface area contributed by atoms with Crippen LogP contribution in [0.4, 0.5) is 5.69 Å². The highest BCUT2D eigenvalue weighted by Crippen LogP contribution is 2.26. The number of amides is 1. The Labute approximate surface area is 123 Å². The van der Waals surface area contributed by atoms with E-state index in [9.17, 15) is 9.59 Å². The molecule has 2 N–H and O–H groups in total. The zero-order valence-electron chi connectivity index (χ0n) is 10.3. The lowest BCUT2D eigenvalue weighted by Gasteiger charge is -2.09. The Morgan fingerprint density at radius 2 is 2.10 bits per heavy atom. The molecule has 0 fully saturated rings. The Balaban J connectivity index is 2.24. The molecule has 1 aromatic heterocycles. The van der Waals surface area contributed by atoms with Gasteiger partial charge in [0.1, 0.15) is 16.2 Å². The summed E-state index contributed by atoms with van der Waals surface area (Å²) in [6, 6.07) is 5.94. The number of carboxylic acid groups (broad SMARTS) is 1. The third-order valence-electron chi connectivity index (χ3n) is 2.51. The number of benzene rings is 1. The Kier molecular flexibility index (Phi) is 4.26. The number of ether oxygens (including phenoxy) is 1. The summed E-state index contributed by atoms with van der Waals surface area (Å²) in [5.41, 5.74) is 0.459. The Morgan fingerprint density at radius 1 is 1.35 bits per heavy atom. The monoisotopic (exact) mass is 311 g/mol. The number of methoxy groups -OCH3 is 1. The summed E-state index contributed by atoms with van der Waals surface area (Å²) in [6.07, 6.45) is 0. The van der Waals surface area contributed by atoms with E-state index >= 15 is 0 Å². The molecule has 7 heteroatoms. The van der Waals surface area contributed by atoms with Gasteiger partial charge in [0.25, 0.3) is 5.91 Å². The minimum absolute atomic E-state index is 0.0275. The molecule has 2 rings (SSSR count). The Bertz CT molecular complexity index is 668. The van der Waals surface area contributed by atoms with E-state index in [0.717, 1.165) is 0 Å². The Hall–Kier alpha value is -2.05. The molecule has 0 radical (unpaired) electrons. The zero-order chi connectivity index (χ0) is 14.7. The molecule has 20 heavy (non-hydrogen) atoms. The predicted octanol–water partition coefficient (Wildman–Crippen LogP) is 3.36. The highest BCUT2D eigenvalue weighted by molar-refractivity contribution is 7.12. The molecular formula is C13H10ClNO4S. The molecule has 0 saturated carbocycles. The van der Waals surface area contributed by atoms with Gasteiger partial charge in [0, 0.05) is 11.8 Å². The van der Waals surface area contributed by atoms with Crippen molar-refractivity contribution in [2.75, 3.05) is 12.4 Å². The van der Waals surface area contributed by atoms with Gasteiger partial charge in [-0.3, -0.25) is 4.79 Å². The maximum Gasteiger partial charge on any atom is 0.339 e. The number of anilines is 1. The van der Waals surface area contributed by atoms with Crippen molar-refractivity contribution in [3.8, 4) is 5.75 Å². The van der Waals surface area contributed by atoms with Crippen LogP contribution in [0.5, 0.6) is 5.75 Å². The summed E-state index contributed by atoms with van der Waals surface area (Å²) in [7, 11) is 1.36. The van der Waals surface area contributed by atoms with E-state index in [1.54, 1.807) is 11.4 Å². The standard InChI is InChI=1S/C13H10ClNO4S/c1-19-10-6-7(2-3-8(10)13(17)18)15-12(16)11-9(14)4-5-20-11/h2-6H,1H3,(H,15,16)(H,17,18). The summed E-state index contributed by atoms with van der Waals surface area (Å²) in [5.74, 6) is -1.27. The lowest BCUT2D eigenvalue weighted by Crippen LogP contribution is -2.11. The summed E-state index contributed by atoms with van der Waals surface area (Å²) in [4.78, 5) is 23.3. The molecule has 0 bridgehead atoms. The lowest BCUT2D eigenvalue weighted by atomic mass is 10.2. The lowest BCUT2D eigenvalue weighted by molar-refractivity contribution is 0.0693. The Morgan fingerprint density at radius 3 is 2.65 bits per heavy atom. The number of carboxylic acids is 1. The van der Waals surface area contributed by atoms with Gasteiger partial charge in [-0.1, -0.05) is 11.6 Å². The van der Waals surface area contributed by atoms with Gasteiger partial charge in [0.15, 0.2) is 0 Å². The smallest absolute Gasteiger partial charge is 0.339 e. The summed E-state index contributed by atoms with van der Waals surface area (Å²) in [5, 5.41) is 13.7. The maximum absolute atomic E-state index is 12.0. The molecule has 2 aromatic rings. The first-order valence-electron chi connectivity index (χ1n) is 5.48. The van der Waals surface area contributed by atoms with Crippen LogP contribution in [0, 0.1) is 0 Å². The first-order valence-corrected chi connectivity index (χ1v) is 6.74. The summed E-state index contributed by atoms with van der Waals surface area (Å²) >= 11 is 7.10. The van der Waals surface area contributed by atoms with Crippen LogP contribution in [-0.4, -0.2) is 24.1 Å². The molecule has 0 aliphatic carbocycles. The predicted molar refractivity (Wildman–Crippen MR) is 77.2 cm³/mol. The van der Waals surface area contributed by atoms with Crippen LogP contribution >= 0.6 is 22.9 Å². The molecule has 0 spiro atoms.